The van der Waals surface area contributed by atoms with Gasteiger partial charge in [0.1, 0.15) is 5.69 Å². The Morgan fingerprint density at radius 3 is 2.91 bits per heavy atom. The Labute approximate surface area is 132 Å². The van der Waals surface area contributed by atoms with Crippen molar-refractivity contribution in [2.45, 2.75) is 19.9 Å². The highest BCUT2D eigenvalue weighted by molar-refractivity contribution is 5.81. The van der Waals surface area contributed by atoms with Gasteiger partial charge in [0.25, 0.3) is 5.89 Å². The first-order chi connectivity index (χ1) is 11.3. The number of fused-ring (bicyclic) bond motifs is 1. The summed E-state index contributed by atoms with van der Waals surface area (Å²) in [5.74, 6) is 1.13. The first kappa shape index (κ1) is 13.6. The number of benzene rings is 1. The fourth-order valence-corrected chi connectivity index (χ4v) is 2.68. The lowest BCUT2D eigenvalue weighted by molar-refractivity contribution is 0.419. The molecule has 0 spiro atoms. The van der Waals surface area contributed by atoms with Gasteiger partial charge in [0.15, 0.2) is 5.82 Å². The van der Waals surface area contributed by atoms with Crippen LogP contribution in [-0.4, -0.2) is 24.9 Å². The molecule has 0 saturated heterocycles. The molecular weight excluding hydrogens is 290 g/mol. The fraction of sp³-hybridized carbons (Fsp3) is 0.176. The fourth-order valence-electron chi connectivity index (χ4n) is 2.68. The van der Waals surface area contributed by atoms with Crippen molar-refractivity contribution in [1.82, 2.24) is 24.9 Å². The molecule has 0 amide bonds. The minimum Gasteiger partial charge on any atom is -0.332 e. The lowest BCUT2D eigenvalue weighted by Gasteiger charge is -2.02. The zero-order chi connectivity index (χ0) is 15.6. The molecule has 0 radical (unpaired) electrons. The van der Waals surface area contributed by atoms with E-state index in [1.54, 1.807) is 12.4 Å². The number of para-hydroxylation sites is 1. The van der Waals surface area contributed by atoms with Crippen molar-refractivity contribution < 1.29 is 4.52 Å². The standard InChI is InChI=1S/C17H15N5O/c1-2-22-14(8-10-19-22)17-20-15(21-23-17)11-13-6-3-5-12-7-4-9-18-16(12)13/h3-10H,2,11H2,1H3. The van der Waals surface area contributed by atoms with Gasteiger partial charge in [-0.1, -0.05) is 29.4 Å². The summed E-state index contributed by atoms with van der Waals surface area (Å²) in [7, 11) is 0. The SMILES string of the molecule is CCn1nccc1-c1nc(Cc2cccc3cccnc23)no1. The third kappa shape index (κ3) is 2.48. The first-order valence-electron chi connectivity index (χ1n) is 7.52. The van der Waals surface area contributed by atoms with Gasteiger partial charge < -0.3 is 4.52 Å². The number of hydrogen-bond donors (Lipinski definition) is 0. The highest BCUT2D eigenvalue weighted by Crippen LogP contribution is 2.21. The van der Waals surface area contributed by atoms with Crippen LogP contribution >= 0.6 is 0 Å². The van der Waals surface area contributed by atoms with Crippen LogP contribution in [0.3, 0.4) is 0 Å². The zero-order valence-corrected chi connectivity index (χ0v) is 12.7. The topological polar surface area (TPSA) is 69.6 Å². The maximum Gasteiger partial charge on any atom is 0.276 e. The molecule has 0 aliphatic rings. The number of nitrogens with zero attached hydrogens (tertiary/aromatic N) is 5. The van der Waals surface area contributed by atoms with E-state index in [0.717, 1.165) is 28.7 Å². The van der Waals surface area contributed by atoms with Crippen molar-refractivity contribution in [3.05, 3.63) is 60.2 Å². The average Bonchev–Trinajstić information content (AvgIpc) is 3.23. The third-order valence-electron chi connectivity index (χ3n) is 3.77. The minimum absolute atomic E-state index is 0.493. The van der Waals surface area contributed by atoms with Crippen LogP contribution in [0.5, 0.6) is 0 Å². The minimum atomic E-state index is 0.493. The van der Waals surface area contributed by atoms with E-state index in [4.69, 9.17) is 4.52 Å². The summed E-state index contributed by atoms with van der Waals surface area (Å²) < 4.78 is 7.22. The molecule has 3 aromatic heterocycles. The number of aromatic nitrogens is 5. The molecular formula is C17H15N5O. The number of hydrogen-bond acceptors (Lipinski definition) is 5. The maximum atomic E-state index is 5.39. The molecule has 6 heteroatoms. The van der Waals surface area contributed by atoms with Crippen molar-refractivity contribution in [3.63, 3.8) is 0 Å². The molecule has 0 atom stereocenters. The van der Waals surface area contributed by atoms with E-state index in [9.17, 15) is 0 Å². The Morgan fingerprint density at radius 1 is 1.09 bits per heavy atom. The van der Waals surface area contributed by atoms with Crippen LogP contribution < -0.4 is 0 Å². The molecule has 4 aromatic rings. The molecule has 4 rings (SSSR count). The van der Waals surface area contributed by atoms with Crippen LogP contribution in [0.15, 0.2) is 53.3 Å². The van der Waals surface area contributed by atoms with E-state index >= 15 is 0 Å². The molecule has 0 aliphatic carbocycles. The van der Waals surface area contributed by atoms with Gasteiger partial charge in [-0.15, -0.1) is 0 Å². The molecule has 114 valence electrons. The molecule has 3 heterocycles. The molecule has 1 aromatic carbocycles. The lowest BCUT2D eigenvalue weighted by atomic mass is 10.1. The van der Waals surface area contributed by atoms with Crippen molar-refractivity contribution in [2.24, 2.45) is 0 Å². The van der Waals surface area contributed by atoms with Gasteiger partial charge in [-0.3, -0.25) is 9.67 Å². The van der Waals surface area contributed by atoms with Crippen LogP contribution in [-0.2, 0) is 13.0 Å². The monoisotopic (exact) mass is 305 g/mol. The van der Waals surface area contributed by atoms with Crippen molar-refractivity contribution in [3.8, 4) is 11.6 Å². The van der Waals surface area contributed by atoms with Gasteiger partial charge in [0, 0.05) is 30.7 Å². The van der Waals surface area contributed by atoms with Crippen molar-refractivity contribution in [1.29, 1.82) is 0 Å². The third-order valence-corrected chi connectivity index (χ3v) is 3.77. The molecule has 0 saturated carbocycles. The van der Waals surface area contributed by atoms with Gasteiger partial charge in [-0.2, -0.15) is 10.1 Å². The summed E-state index contributed by atoms with van der Waals surface area (Å²) in [5.41, 5.74) is 2.89. The predicted molar refractivity (Wildman–Crippen MR) is 85.7 cm³/mol. The Morgan fingerprint density at radius 2 is 2.00 bits per heavy atom. The number of rotatable bonds is 4. The summed E-state index contributed by atoms with van der Waals surface area (Å²) in [5, 5.41) is 9.43. The molecule has 0 fully saturated rings. The summed E-state index contributed by atoms with van der Waals surface area (Å²) in [6.45, 7) is 2.78. The summed E-state index contributed by atoms with van der Waals surface area (Å²) in [6.07, 6.45) is 4.11. The van der Waals surface area contributed by atoms with E-state index in [1.807, 2.05) is 48.0 Å². The second kappa shape index (κ2) is 5.64. The molecule has 6 nitrogen and oxygen atoms in total. The normalized spacial score (nSPS) is 11.2. The molecule has 0 N–H and O–H groups in total. The van der Waals surface area contributed by atoms with Gasteiger partial charge in [-0.05, 0) is 24.6 Å². The maximum absolute atomic E-state index is 5.39. The second-order valence-corrected chi connectivity index (χ2v) is 5.22. The highest BCUT2D eigenvalue weighted by Gasteiger charge is 2.14. The zero-order valence-electron chi connectivity index (χ0n) is 12.7. The predicted octanol–water partition coefficient (Wildman–Crippen LogP) is 3.09. The van der Waals surface area contributed by atoms with Crippen LogP contribution in [0.1, 0.15) is 18.3 Å². The van der Waals surface area contributed by atoms with Crippen LogP contribution in [0.4, 0.5) is 0 Å². The average molecular weight is 305 g/mol. The molecule has 0 bridgehead atoms. The van der Waals surface area contributed by atoms with E-state index in [2.05, 4.69) is 20.2 Å². The van der Waals surface area contributed by atoms with Crippen LogP contribution in [0.2, 0.25) is 0 Å². The number of aryl methyl sites for hydroxylation is 1. The Balaban J connectivity index is 1.67. The van der Waals surface area contributed by atoms with E-state index in [-0.39, 0.29) is 0 Å². The van der Waals surface area contributed by atoms with Gasteiger partial charge in [0.2, 0.25) is 0 Å². The van der Waals surface area contributed by atoms with Crippen molar-refractivity contribution in [2.75, 3.05) is 0 Å². The summed E-state index contributed by atoms with van der Waals surface area (Å²) in [6, 6.07) is 12.0. The van der Waals surface area contributed by atoms with E-state index < -0.39 is 0 Å². The van der Waals surface area contributed by atoms with Gasteiger partial charge in [-0.25, -0.2) is 0 Å². The van der Waals surface area contributed by atoms with Crippen LogP contribution in [0, 0.1) is 0 Å². The Hall–Kier alpha value is -3.02. The van der Waals surface area contributed by atoms with E-state index in [1.165, 1.54) is 0 Å². The Bertz CT molecular complexity index is 951. The Kier molecular flexibility index (Phi) is 3.34. The van der Waals surface area contributed by atoms with Gasteiger partial charge in [0.05, 0.1) is 5.52 Å². The second-order valence-electron chi connectivity index (χ2n) is 5.22. The van der Waals surface area contributed by atoms with Gasteiger partial charge >= 0.3 is 0 Å². The number of pyridine rings is 1. The largest absolute Gasteiger partial charge is 0.332 e. The first-order valence-corrected chi connectivity index (χ1v) is 7.52. The van der Waals surface area contributed by atoms with Crippen molar-refractivity contribution >= 4 is 10.9 Å². The van der Waals surface area contributed by atoms with Crippen LogP contribution in [0.25, 0.3) is 22.5 Å². The van der Waals surface area contributed by atoms with E-state index in [0.29, 0.717) is 18.1 Å². The summed E-state index contributed by atoms with van der Waals surface area (Å²) in [4.78, 5) is 8.96. The quantitative estimate of drug-likeness (QED) is 0.579. The molecule has 0 unspecified atom stereocenters. The molecule has 0 aliphatic heterocycles. The molecule has 23 heavy (non-hydrogen) atoms. The smallest absolute Gasteiger partial charge is 0.276 e. The highest BCUT2D eigenvalue weighted by atomic mass is 16.5. The lowest BCUT2D eigenvalue weighted by Crippen LogP contribution is -1.99. The summed E-state index contributed by atoms with van der Waals surface area (Å²) >= 11 is 0.